The first-order chi connectivity index (χ1) is 9.16. The Balaban J connectivity index is 2.13. The largest absolute Gasteiger partial charge is 0.480 e. The van der Waals surface area contributed by atoms with Crippen LogP contribution in [0.5, 0.6) is 0 Å². The van der Waals surface area contributed by atoms with Gasteiger partial charge in [0.15, 0.2) is 0 Å². The van der Waals surface area contributed by atoms with Gasteiger partial charge in [0, 0.05) is 6.20 Å². The maximum absolute atomic E-state index is 11.4. The quantitative estimate of drug-likeness (QED) is 0.850. The number of aliphatic carboxylic acids is 1. The van der Waals surface area contributed by atoms with Crippen LogP contribution in [0.4, 0.5) is 0 Å². The van der Waals surface area contributed by atoms with Crippen LogP contribution in [0.25, 0.3) is 0 Å². The van der Waals surface area contributed by atoms with Gasteiger partial charge < -0.3 is 5.11 Å². The molecular formula is C15H15NO2S. The van der Waals surface area contributed by atoms with E-state index in [-0.39, 0.29) is 0 Å². The summed E-state index contributed by atoms with van der Waals surface area (Å²) in [6.45, 7) is 1.94. The molecular weight excluding hydrogens is 258 g/mol. The van der Waals surface area contributed by atoms with E-state index in [9.17, 15) is 9.90 Å². The first-order valence-electron chi connectivity index (χ1n) is 6.02. The lowest BCUT2D eigenvalue weighted by Crippen LogP contribution is -2.19. The number of carboxylic acid groups (broad SMARTS) is 1. The van der Waals surface area contributed by atoms with E-state index in [1.807, 2.05) is 49.4 Å². The predicted molar refractivity (Wildman–Crippen MR) is 76.4 cm³/mol. The molecule has 1 unspecified atom stereocenters. The third kappa shape index (κ3) is 3.83. The highest BCUT2D eigenvalue weighted by atomic mass is 32.2. The van der Waals surface area contributed by atoms with Crippen molar-refractivity contribution in [1.82, 2.24) is 4.98 Å². The summed E-state index contributed by atoms with van der Waals surface area (Å²) in [4.78, 5) is 15.6. The van der Waals surface area contributed by atoms with E-state index in [0.29, 0.717) is 6.42 Å². The fraction of sp³-hybridized carbons (Fsp3) is 0.200. The average molecular weight is 273 g/mol. The van der Waals surface area contributed by atoms with Crippen molar-refractivity contribution in [2.75, 3.05) is 0 Å². The number of carbonyl (C=O) groups is 1. The van der Waals surface area contributed by atoms with E-state index < -0.39 is 11.2 Å². The van der Waals surface area contributed by atoms with Crippen molar-refractivity contribution in [3.63, 3.8) is 0 Å². The Morgan fingerprint density at radius 2 is 2.00 bits per heavy atom. The van der Waals surface area contributed by atoms with Crippen molar-refractivity contribution in [2.24, 2.45) is 0 Å². The molecule has 3 nitrogen and oxygen atoms in total. The van der Waals surface area contributed by atoms with Crippen LogP contribution in [0, 0.1) is 6.92 Å². The van der Waals surface area contributed by atoms with Crippen LogP contribution in [0.3, 0.4) is 0 Å². The van der Waals surface area contributed by atoms with Crippen LogP contribution in [0.1, 0.15) is 11.1 Å². The molecule has 1 atom stereocenters. The molecule has 0 bridgehead atoms. The second-order valence-electron chi connectivity index (χ2n) is 4.26. The summed E-state index contributed by atoms with van der Waals surface area (Å²) in [5.74, 6) is -0.807. The van der Waals surface area contributed by atoms with Crippen molar-refractivity contribution in [2.45, 2.75) is 23.6 Å². The topological polar surface area (TPSA) is 50.2 Å². The standard InChI is InChI=1S/C15H15NO2S/c1-11-6-5-9-16-14(11)19-13(15(17)18)10-12-7-3-2-4-8-12/h2-9,13H,10H2,1H3,(H,17,18). The minimum atomic E-state index is -0.807. The number of benzene rings is 1. The molecule has 0 amide bonds. The van der Waals surface area contributed by atoms with Gasteiger partial charge in [0.1, 0.15) is 5.25 Å². The van der Waals surface area contributed by atoms with Crippen molar-refractivity contribution < 1.29 is 9.90 Å². The molecule has 0 aliphatic carbocycles. The summed E-state index contributed by atoms with van der Waals surface area (Å²) in [6.07, 6.45) is 2.19. The lowest BCUT2D eigenvalue weighted by molar-refractivity contribution is -0.136. The third-order valence-corrected chi connectivity index (χ3v) is 4.06. The van der Waals surface area contributed by atoms with Gasteiger partial charge in [-0.05, 0) is 30.5 Å². The Labute approximate surface area is 116 Å². The lowest BCUT2D eigenvalue weighted by Gasteiger charge is -2.12. The van der Waals surface area contributed by atoms with Crippen LogP contribution >= 0.6 is 11.8 Å². The Morgan fingerprint density at radius 3 is 2.63 bits per heavy atom. The van der Waals surface area contributed by atoms with E-state index >= 15 is 0 Å². The fourth-order valence-corrected chi connectivity index (χ4v) is 2.76. The molecule has 98 valence electrons. The van der Waals surface area contributed by atoms with Gasteiger partial charge in [0.25, 0.3) is 0 Å². The second kappa shape index (κ2) is 6.38. The van der Waals surface area contributed by atoms with Crippen LogP contribution in [-0.4, -0.2) is 21.3 Å². The molecule has 0 radical (unpaired) electrons. The van der Waals surface area contributed by atoms with E-state index in [1.54, 1.807) is 6.20 Å². The zero-order valence-corrected chi connectivity index (χ0v) is 11.4. The number of aromatic nitrogens is 1. The summed E-state index contributed by atoms with van der Waals surface area (Å²) in [7, 11) is 0. The molecule has 0 fully saturated rings. The van der Waals surface area contributed by atoms with Gasteiger partial charge in [0.2, 0.25) is 0 Å². The van der Waals surface area contributed by atoms with E-state index in [4.69, 9.17) is 0 Å². The summed E-state index contributed by atoms with van der Waals surface area (Å²) in [6, 6.07) is 13.5. The zero-order valence-electron chi connectivity index (χ0n) is 10.6. The minimum absolute atomic E-state index is 0.497. The smallest absolute Gasteiger partial charge is 0.317 e. The molecule has 1 aromatic heterocycles. The highest BCUT2D eigenvalue weighted by molar-refractivity contribution is 8.00. The Hall–Kier alpha value is -1.81. The van der Waals surface area contributed by atoms with Gasteiger partial charge in [-0.2, -0.15) is 0 Å². The zero-order chi connectivity index (χ0) is 13.7. The molecule has 0 saturated carbocycles. The van der Waals surface area contributed by atoms with Crippen LogP contribution in [-0.2, 0) is 11.2 Å². The summed E-state index contributed by atoms with van der Waals surface area (Å²) >= 11 is 1.31. The molecule has 0 saturated heterocycles. The van der Waals surface area contributed by atoms with Gasteiger partial charge in [-0.1, -0.05) is 48.2 Å². The van der Waals surface area contributed by atoms with Crippen LogP contribution < -0.4 is 0 Å². The Bertz CT molecular complexity index is 557. The average Bonchev–Trinajstić information content (AvgIpc) is 2.41. The maximum atomic E-state index is 11.4. The predicted octanol–water partition coefficient (Wildman–Crippen LogP) is 3.18. The van der Waals surface area contributed by atoms with Crippen molar-refractivity contribution in [1.29, 1.82) is 0 Å². The van der Waals surface area contributed by atoms with Crippen molar-refractivity contribution in [3.8, 4) is 0 Å². The lowest BCUT2D eigenvalue weighted by atomic mass is 10.1. The molecule has 1 heterocycles. The monoisotopic (exact) mass is 273 g/mol. The van der Waals surface area contributed by atoms with Crippen LogP contribution in [0.15, 0.2) is 53.7 Å². The SMILES string of the molecule is Cc1cccnc1SC(Cc1ccccc1)C(=O)O. The molecule has 0 aliphatic rings. The third-order valence-electron chi connectivity index (χ3n) is 2.75. The van der Waals surface area contributed by atoms with Crippen molar-refractivity contribution in [3.05, 3.63) is 59.8 Å². The molecule has 1 N–H and O–H groups in total. The maximum Gasteiger partial charge on any atom is 0.317 e. The first-order valence-corrected chi connectivity index (χ1v) is 6.90. The molecule has 0 spiro atoms. The highest BCUT2D eigenvalue weighted by Gasteiger charge is 2.20. The summed E-state index contributed by atoms with van der Waals surface area (Å²) < 4.78 is 0. The first kappa shape index (κ1) is 13.6. The number of rotatable bonds is 5. The molecule has 2 aromatic rings. The van der Waals surface area contributed by atoms with Gasteiger partial charge in [0.05, 0.1) is 5.03 Å². The normalized spacial score (nSPS) is 12.1. The van der Waals surface area contributed by atoms with E-state index in [0.717, 1.165) is 16.2 Å². The van der Waals surface area contributed by atoms with E-state index in [1.165, 1.54) is 11.8 Å². The number of pyridine rings is 1. The van der Waals surface area contributed by atoms with Gasteiger partial charge in [-0.3, -0.25) is 4.79 Å². The Kier molecular flexibility index (Phi) is 4.58. The molecule has 2 rings (SSSR count). The minimum Gasteiger partial charge on any atom is -0.480 e. The molecule has 0 aliphatic heterocycles. The molecule has 1 aromatic carbocycles. The Morgan fingerprint density at radius 1 is 1.26 bits per heavy atom. The number of nitrogens with zero attached hydrogens (tertiary/aromatic N) is 1. The number of carboxylic acids is 1. The molecule has 19 heavy (non-hydrogen) atoms. The van der Waals surface area contributed by atoms with Gasteiger partial charge in [-0.15, -0.1) is 0 Å². The van der Waals surface area contributed by atoms with Gasteiger partial charge in [-0.25, -0.2) is 4.98 Å². The fourth-order valence-electron chi connectivity index (χ4n) is 1.74. The summed E-state index contributed by atoms with van der Waals surface area (Å²) in [5.41, 5.74) is 2.03. The number of hydrogen-bond donors (Lipinski definition) is 1. The van der Waals surface area contributed by atoms with Crippen LogP contribution in [0.2, 0.25) is 0 Å². The number of thioether (sulfide) groups is 1. The highest BCUT2D eigenvalue weighted by Crippen LogP contribution is 2.26. The second-order valence-corrected chi connectivity index (χ2v) is 5.45. The number of aryl methyl sites for hydroxylation is 1. The summed E-state index contributed by atoms with van der Waals surface area (Å²) in [5, 5.41) is 9.60. The van der Waals surface area contributed by atoms with Gasteiger partial charge >= 0.3 is 5.97 Å². The van der Waals surface area contributed by atoms with E-state index in [2.05, 4.69) is 4.98 Å². The number of hydrogen-bond acceptors (Lipinski definition) is 3. The van der Waals surface area contributed by atoms with Crippen molar-refractivity contribution >= 4 is 17.7 Å². The molecule has 4 heteroatoms.